The first kappa shape index (κ1) is 13.1. The van der Waals surface area contributed by atoms with Crippen molar-refractivity contribution in [2.75, 3.05) is 0 Å². The molecule has 0 nitrogen and oxygen atoms in total. The minimum absolute atomic E-state index is 0.348. The zero-order valence-electron chi connectivity index (χ0n) is 9.84. The smallest absolute Gasteiger partial charge is 0.0960 e. The van der Waals surface area contributed by atoms with Crippen LogP contribution < -0.4 is 0 Å². The fraction of sp³-hybridized carbons (Fsp3) is 0.286. The molecule has 1 atom stereocenters. The topological polar surface area (TPSA) is 0 Å². The first-order valence-corrected chi connectivity index (χ1v) is 7.62. The Kier molecular flexibility index (Phi) is 4.29. The first-order valence-electron chi connectivity index (χ1n) is 5.51. The van der Waals surface area contributed by atoms with Crippen LogP contribution in [0, 0.1) is 13.8 Å². The van der Waals surface area contributed by atoms with Gasteiger partial charge in [-0.15, -0.1) is 11.3 Å². The number of thiophene rings is 1. The Hall–Kier alpha value is -0.310. The second-order valence-electron chi connectivity index (χ2n) is 4.27. The number of hydrogen-bond donors (Lipinski definition) is 0. The van der Waals surface area contributed by atoms with Crippen LogP contribution in [0.1, 0.15) is 26.4 Å². The van der Waals surface area contributed by atoms with E-state index in [0.29, 0.717) is 4.83 Å². The molecule has 1 heterocycles. The largest absolute Gasteiger partial charge is 0.127 e. The Labute approximate surface area is 120 Å². The molecule has 0 spiro atoms. The molecule has 2 rings (SSSR count). The maximum absolute atomic E-state index is 6.10. The number of halogens is 2. The Morgan fingerprint density at radius 3 is 2.65 bits per heavy atom. The Morgan fingerprint density at radius 2 is 2.06 bits per heavy atom. The van der Waals surface area contributed by atoms with E-state index in [2.05, 4.69) is 60.1 Å². The highest BCUT2D eigenvalue weighted by atomic mass is 79.9. The van der Waals surface area contributed by atoms with Crippen LogP contribution in [0.25, 0.3) is 0 Å². The average Bonchev–Trinajstić information content (AvgIpc) is 2.59. The molecular weight excluding hydrogens is 316 g/mol. The molecule has 0 aliphatic carbocycles. The fourth-order valence-corrected chi connectivity index (χ4v) is 3.77. The van der Waals surface area contributed by atoms with Crippen LogP contribution in [0.5, 0.6) is 0 Å². The molecule has 1 unspecified atom stereocenters. The van der Waals surface area contributed by atoms with E-state index in [9.17, 15) is 0 Å². The van der Waals surface area contributed by atoms with Gasteiger partial charge in [-0.2, -0.15) is 0 Å². The SMILES string of the molecule is Cc1cccc(CC(Br)c2cc(C)c(Cl)s2)c1. The van der Waals surface area contributed by atoms with Gasteiger partial charge in [-0.3, -0.25) is 0 Å². The molecule has 0 aliphatic rings. The molecular formula is C14H14BrClS. The van der Waals surface area contributed by atoms with Crippen LogP contribution in [0.2, 0.25) is 4.34 Å². The Bertz CT molecular complexity index is 499. The molecule has 3 heteroatoms. The summed E-state index contributed by atoms with van der Waals surface area (Å²) in [7, 11) is 0. The van der Waals surface area contributed by atoms with Crippen molar-refractivity contribution in [3.05, 3.63) is 56.2 Å². The second kappa shape index (κ2) is 5.55. The molecule has 2 aromatic rings. The van der Waals surface area contributed by atoms with Gasteiger partial charge < -0.3 is 0 Å². The van der Waals surface area contributed by atoms with Crippen LogP contribution in [0.4, 0.5) is 0 Å². The minimum atomic E-state index is 0.348. The van der Waals surface area contributed by atoms with Gasteiger partial charge in [-0.25, -0.2) is 0 Å². The molecule has 0 radical (unpaired) electrons. The van der Waals surface area contributed by atoms with Gasteiger partial charge in [0, 0.05) is 4.88 Å². The quantitative estimate of drug-likeness (QED) is 0.634. The van der Waals surface area contributed by atoms with Crippen molar-refractivity contribution in [1.29, 1.82) is 0 Å². The minimum Gasteiger partial charge on any atom is -0.127 e. The van der Waals surface area contributed by atoms with Crippen molar-refractivity contribution in [1.82, 2.24) is 0 Å². The van der Waals surface area contributed by atoms with Gasteiger partial charge in [0.2, 0.25) is 0 Å². The summed E-state index contributed by atoms with van der Waals surface area (Å²) in [6, 6.07) is 10.8. The van der Waals surface area contributed by atoms with Crippen LogP contribution in [0.15, 0.2) is 30.3 Å². The third-order valence-electron chi connectivity index (χ3n) is 2.68. The number of alkyl halides is 1. The summed E-state index contributed by atoms with van der Waals surface area (Å²) < 4.78 is 0.897. The van der Waals surface area contributed by atoms with Crippen LogP contribution in [0.3, 0.4) is 0 Å². The summed E-state index contributed by atoms with van der Waals surface area (Å²) >= 11 is 11.5. The van der Waals surface area contributed by atoms with E-state index in [4.69, 9.17) is 11.6 Å². The Balaban J connectivity index is 2.14. The summed E-state index contributed by atoms with van der Waals surface area (Å²) in [5, 5.41) is 0. The molecule has 0 N–H and O–H groups in total. The van der Waals surface area contributed by atoms with E-state index in [1.54, 1.807) is 11.3 Å². The average molecular weight is 330 g/mol. The standard InChI is InChI=1S/C14H14BrClS/c1-9-4-3-5-11(6-9)8-12(15)13-7-10(2)14(16)17-13/h3-7,12H,8H2,1-2H3. The molecule has 1 aromatic heterocycles. The molecule has 0 saturated heterocycles. The summed E-state index contributed by atoms with van der Waals surface area (Å²) in [5.41, 5.74) is 3.83. The summed E-state index contributed by atoms with van der Waals surface area (Å²) in [6.45, 7) is 4.17. The highest BCUT2D eigenvalue weighted by molar-refractivity contribution is 9.09. The fourth-order valence-electron chi connectivity index (χ4n) is 1.78. The maximum atomic E-state index is 6.10. The van der Waals surface area contributed by atoms with Gasteiger partial charge >= 0.3 is 0 Å². The van der Waals surface area contributed by atoms with Crippen molar-refractivity contribution >= 4 is 38.9 Å². The molecule has 0 amide bonds. The van der Waals surface area contributed by atoms with Gasteiger partial charge in [0.1, 0.15) is 0 Å². The van der Waals surface area contributed by atoms with E-state index in [-0.39, 0.29) is 0 Å². The van der Waals surface area contributed by atoms with Gasteiger partial charge in [-0.1, -0.05) is 57.4 Å². The van der Waals surface area contributed by atoms with Crippen molar-refractivity contribution in [2.24, 2.45) is 0 Å². The van der Waals surface area contributed by atoms with Crippen LogP contribution in [-0.4, -0.2) is 0 Å². The van der Waals surface area contributed by atoms with E-state index >= 15 is 0 Å². The number of aryl methyl sites for hydroxylation is 2. The molecule has 90 valence electrons. The molecule has 1 aromatic carbocycles. The normalized spacial score (nSPS) is 12.7. The lowest BCUT2D eigenvalue weighted by Crippen LogP contribution is -1.93. The van der Waals surface area contributed by atoms with Crippen molar-refractivity contribution < 1.29 is 0 Å². The van der Waals surface area contributed by atoms with Gasteiger partial charge in [0.25, 0.3) is 0 Å². The van der Waals surface area contributed by atoms with E-state index in [1.807, 2.05) is 0 Å². The van der Waals surface area contributed by atoms with E-state index in [0.717, 1.165) is 10.8 Å². The predicted octanol–water partition coefficient (Wildman–Crippen LogP) is 5.70. The van der Waals surface area contributed by atoms with E-state index < -0.39 is 0 Å². The van der Waals surface area contributed by atoms with Gasteiger partial charge in [-0.05, 0) is 37.5 Å². The molecule has 17 heavy (non-hydrogen) atoms. The maximum Gasteiger partial charge on any atom is 0.0960 e. The summed E-state index contributed by atoms with van der Waals surface area (Å²) in [6.07, 6.45) is 0.998. The Morgan fingerprint density at radius 1 is 1.29 bits per heavy atom. The lowest BCUT2D eigenvalue weighted by Gasteiger charge is -2.08. The second-order valence-corrected chi connectivity index (χ2v) is 7.06. The number of benzene rings is 1. The van der Waals surface area contributed by atoms with E-state index in [1.165, 1.54) is 21.6 Å². The highest BCUT2D eigenvalue weighted by Crippen LogP contribution is 2.36. The highest BCUT2D eigenvalue weighted by Gasteiger charge is 2.13. The lowest BCUT2D eigenvalue weighted by molar-refractivity contribution is 0.966. The van der Waals surface area contributed by atoms with Crippen molar-refractivity contribution in [2.45, 2.75) is 25.1 Å². The zero-order valence-corrected chi connectivity index (χ0v) is 13.0. The predicted molar refractivity (Wildman–Crippen MR) is 80.6 cm³/mol. The lowest BCUT2D eigenvalue weighted by atomic mass is 10.1. The summed E-state index contributed by atoms with van der Waals surface area (Å²) in [4.78, 5) is 1.65. The number of rotatable bonds is 3. The summed E-state index contributed by atoms with van der Waals surface area (Å²) in [5.74, 6) is 0. The van der Waals surface area contributed by atoms with Gasteiger partial charge in [0.05, 0.1) is 9.16 Å². The molecule has 0 bridgehead atoms. The first-order chi connectivity index (χ1) is 8.06. The molecule has 0 fully saturated rings. The third-order valence-corrected chi connectivity index (χ3v) is 5.47. The van der Waals surface area contributed by atoms with Crippen molar-refractivity contribution in [3.63, 3.8) is 0 Å². The molecule has 0 saturated carbocycles. The zero-order chi connectivity index (χ0) is 12.4. The van der Waals surface area contributed by atoms with Gasteiger partial charge in [0.15, 0.2) is 0 Å². The molecule has 0 aliphatic heterocycles. The number of hydrogen-bond acceptors (Lipinski definition) is 1. The monoisotopic (exact) mass is 328 g/mol. The third kappa shape index (κ3) is 3.34. The van der Waals surface area contributed by atoms with Crippen LogP contribution in [-0.2, 0) is 6.42 Å². The van der Waals surface area contributed by atoms with Crippen LogP contribution >= 0.6 is 38.9 Å². The van der Waals surface area contributed by atoms with Crippen molar-refractivity contribution in [3.8, 4) is 0 Å².